The van der Waals surface area contributed by atoms with Gasteiger partial charge in [-0.25, -0.2) is 0 Å². The zero-order valence-electron chi connectivity index (χ0n) is 10.1. The summed E-state index contributed by atoms with van der Waals surface area (Å²) in [5, 5.41) is 11.5. The Labute approximate surface area is 101 Å². The van der Waals surface area contributed by atoms with Gasteiger partial charge in [0.2, 0.25) is 5.91 Å². The molecule has 0 saturated heterocycles. The molecule has 0 aromatic carbocycles. The summed E-state index contributed by atoms with van der Waals surface area (Å²) in [5.41, 5.74) is 6.05. The molecule has 2 fully saturated rings. The third-order valence-electron chi connectivity index (χ3n) is 4.29. The van der Waals surface area contributed by atoms with E-state index < -0.39 is 11.9 Å². The number of hydrogen-bond acceptors (Lipinski definition) is 3. The summed E-state index contributed by atoms with van der Waals surface area (Å²) in [6.45, 7) is 1.78. The molecule has 2 saturated carbocycles. The van der Waals surface area contributed by atoms with Gasteiger partial charge in [0.1, 0.15) is 0 Å². The van der Waals surface area contributed by atoms with Crippen LogP contribution in [0.5, 0.6) is 0 Å². The van der Waals surface area contributed by atoms with Gasteiger partial charge in [-0.05, 0) is 31.1 Å². The van der Waals surface area contributed by atoms with Gasteiger partial charge >= 0.3 is 5.97 Å². The highest BCUT2D eigenvalue weighted by atomic mass is 16.4. The molecule has 0 aromatic heterocycles. The predicted molar refractivity (Wildman–Crippen MR) is 62.1 cm³/mol. The van der Waals surface area contributed by atoms with E-state index in [2.05, 4.69) is 5.32 Å². The van der Waals surface area contributed by atoms with Crippen molar-refractivity contribution in [3.05, 3.63) is 0 Å². The fourth-order valence-corrected chi connectivity index (χ4v) is 3.18. The lowest BCUT2D eigenvalue weighted by Crippen LogP contribution is -2.46. The monoisotopic (exact) mass is 240 g/mol. The third kappa shape index (κ3) is 2.29. The molecular weight excluding hydrogens is 220 g/mol. The van der Waals surface area contributed by atoms with Gasteiger partial charge in [-0.15, -0.1) is 0 Å². The SMILES string of the molecule is CC(CNC(=O)C1C2CCC(C2)C1N)C(=O)O. The molecule has 5 heteroatoms. The van der Waals surface area contributed by atoms with Crippen molar-refractivity contribution in [2.24, 2.45) is 29.4 Å². The van der Waals surface area contributed by atoms with E-state index in [9.17, 15) is 9.59 Å². The van der Waals surface area contributed by atoms with Gasteiger partial charge in [0.15, 0.2) is 0 Å². The van der Waals surface area contributed by atoms with Crippen LogP contribution in [0.2, 0.25) is 0 Å². The summed E-state index contributed by atoms with van der Waals surface area (Å²) in [5.74, 6) is -0.688. The minimum Gasteiger partial charge on any atom is -0.481 e. The van der Waals surface area contributed by atoms with Crippen molar-refractivity contribution in [2.75, 3.05) is 6.54 Å². The Balaban J connectivity index is 1.86. The van der Waals surface area contributed by atoms with Gasteiger partial charge < -0.3 is 16.2 Å². The summed E-state index contributed by atoms with van der Waals surface area (Å²) >= 11 is 0. The van der Waals surface area contributed by atoms with Crippen LogP contribution in [0.4, 0.5) is 0 Å². The zero-order valence-corrected chi connectivity index (χ0v) is 10.1. The molecule has 17 heavy (non-hydrogen) atoms. The molecule has 5 atom stereocenters. The highest BCUT2D eigenvalue weighted by molar-refractivity contribution is 5.81. The van der Waals surface area contributed by atoms with E-state index in [0.29, 0.717) is 11.8 Å². The largest absolute Gasteiger partial charge is 0.481 e. The van der Waals surface area contributed by atoms with Gasteiger partial charge in [-0.2, -0.15) is 0 Å². The molecule has 5 unspecified atom stereocenters. The molecule has 0 spiro atoms. The molecule has 0 radical (unpaired) electrons. The molecule has 5 nitrogen and oxygen atoms in total. The van der Waals surface area contributed by atoms with Gasteiger partial charge in [-0.3, -0.25) is 9.59 Å². The van der Waals surface area contributed by atoms with Crippen LogP contribution in [0.1, 0.15) is 26.2 Å². The fraction of sp³-hybridized carbons (Fsp3) is 0.833. The minimum absolute atomic E-state index is 0.0334. The summed E-state index contributed by atoms with van der Waals surface area (Å²) in [6.07, 6.45) is 3.29. The second-order valence-electron chi connectivity index (χ2n) is 5.42. The second kappa shape index (κ2) is 4.64. The number of carboxylic acids is 1. The Morgan fingerprint density at radius 2 is 2.06 bits per heavy atom. The first-order valence-corrected chi connectivity index (χ1v) is 6.26. The highest BCUT2D eigenvalue weighted by Gasteiger charge is 2.48. The van der Waals surface area contributed by atoms with E-state index in [-0.39, 0.29) is 24.4 Å². The van der Waals surface area contributed by atoms with E-state index in [1.807, 2.05) is 0 Å². The molecule has 0 aliphatic heterocycles. The lowest BCUT2D eigenvalue weighted by molar-refractivity contribution is -0.141. The minimum atomic E-state index is -0.887. The summed E-state index contributed by atoms with van der Waals surface area (Å²) < 4.78 is 0. The van der Waals surface area contributed by atoms with Crippen molar-refractivity contribution in [1.82, 2.24) is 5.32 Å². The van der Waals surface area contributed by atoms with Crippen molar-refractivity contribution in [3.63, 3.8) is 0 Å². The van der Waals surface area contributed by atoms with Crippen LogP contribution in [0.15, 0.2) is 0 Å². The molecule has 2 aliphatic carbocycles. The first-order chi connectivity index (χ1) is 8.00. The molecule has 0 aromatic rings. The molecule has 1 amide bonds. The van der Waals surface area contributed by atoms with Crippen molar-refractivity contribution >= 4 is 11.9 Å². The van der Waals surface area contributed by atoms with Crippen LogP contribution < -0.4 is 11.1 Å². The topological polar surface area (TPSA) is 92.4 Å². The summed E-state index contributed by atoms with van der Waals surface area (Å²) in [7, 11) is 0. The average molecular weight is 240 g/mol. The number of fused-ring (bicyclic) bond motifs is 2. The van der Waals surface area contributed by atoms with Gasteiger partial charge in [-0.1, -0.05) is 6.92 Å². The molecule has 0 heterocycles. The number of carbonyl (C=O) groups excluding carboxylic acids is 1. The molecule has 2 bridgehead atoms. The molecule has 4 N–H and O–H groups in total. The normalized spacial score (nSPS) is 36.8. The maximum absolute atomic E-state index is 12.0. The number of amides is 1. The van der Waals surface area contributed by atoms with Gasteiger partial charge in [0.05, 0.1) is 11.8 Å². The van der Waals surface area contributed by atoms with E-state index in [0.717, 1.165) is 19.3 Å². The number of nitrogens with one attached hydrogen (secondary N) is 1. The van der Waals surface area contributed by atoms with Gasteiger partial charge in [0, 0.05) is 12.6 Å². The standard InChI is InChI=1S/C12H20N2O3/c1-6(12(16)17)5-14-11(15)9-7-2-3-8(4-7)10(9)13/h6-10H,2-5,13H2,1H3,(H,14,15)(H,16,17). The predicted octanol–water partition coefficient (Wildman–Crippen LogP) is 0.197. The first-order valence-electron chi connectivity index (χ1n) is 6.26. The Hall–Kier alpha value is -1.10. The van der Waals surface area contributed by atoms with Crippen LogP contribution in [-0.2, 0) is 9.59 Å². The molecule has 96 valence electrons. The van der Waals surface area contributed by atoms with Crippen molar-refractivity contribution < 1.29 is 14.7 Å². The average Bonchev–Trinajstić information content (AvgIpc) is 2.85. The number of rotatable bonds is 4. The van der Waals surface area contributed by atoms with E-state index in [1.165, 1.54) is 0 Å². The Bertz CT molecular complexity index is 330. The van der Waals surface area contributed by atoms with Crippen molar-refractivity contribution in [2.45, 2.75) is 32.2 Å². The van der Waals surface area contributed by atoms with Crippen LogP contribution >= 0.6 is 0 Å². The third-order valence-corrected chi connectivity index (χ3v) is 4.29. The van der Waals surface area contributed by atoms with Crippen LogP contribution in [0, 0.1) is 23.7 Å². The lowest BCUT2D eigenvalue weighted by Gasteiger charge is -2.27. The number of nitrogens with two attached hydrogens (primary N) is 1. The zero-order chi connectivity index (χ0) is 12.6. The van der Waals surface area contributed by atoms with Gasteiger partial charge in [0.25, 0.3) is 0 Å². The Morgan fingerprint density at radius 1 is 1.41 bits per heavy atom. The number of carboxylic acid groups (broad SMARTS) is 1. The maximum atomic E-state index is 12.0. The van der Waals surface area contributed by atoms with Crippen LogP contribution in [0.25, 0.3) is 0 Å². The quantitative estimate of drug-likeness (QED) is 0.654. The molecule has 2 rings (SSSR count). The second-order valence-corrected chi connectivity index (χ2v) is 5.42. The summed E-state index contributed by atoms with van der Waals surface area (Å²) in [6, 6.07) is -0.0334. The molecular formula is C12H20N2O3. The van der Waals surface area contributed by atoms with Crippen molar-refractivity contribution in [1.29, 1.82) is 0 Å². The fourth-order valence-electron chi connectivity index (χ4n) is 3.18. The van der Waals surface area contributed by atoms with E-state index in [1.54, 1.807) is 6.92 Å². The Kier molecular flexibility index (Phi) is 3.38. The highest BCUT2D eigenvalue weighted by Crippen LogP contribution is 2.47. The molecule has 2 aliphatic rings. The number of hydrogen-bond donors (Lipinski definition) is 3. The van der Waals surface area contributed by atoms with E-state index >= 15 is 0 Å². The number of carbonyl (C=O) groups is 2. The Morgan fingerprint density at radius 3 is 2.59 bits per heavy atom. The lowest BCUT2D eigenvalue weighted by atomic mass is 9.84. The van der Waals surface area contributed by atoms with E-state index in [4.69, 9.17) is 10.8 Å². The maximum Gasteiger partial charge on any atom is 0.308 e. The number of aliphatic carboxylic acids is 1. The smallest absolute Gasteiger partial charge is 0.308 e. The van der Waals surface area contributed by atoms with Crippen LogP contribution in [0.3, 0.4) is 0 Å². The first kappa shape index (κ1) is 12.4. The van der Waals surface area contributed by atoms with Crippen molar-refractivity contribution in [3.8, 4) is 0 Å². The van der Waals surface area contributed by atoms with Crippen LogP contribution in [-0.4, -0.2) is 29.6 Å². The summed E-state index contributed by atoms with van der Waals surface area (Å²) in [4.78, 5) is 22.6.